The molecule has 0 bridgehead atoms. The molecule has 0 unspecified atom stereocenters. The Balaban J connectivity index is 1.95. The number of rotatable bonds is 5. The summed E-state index contributed by atoms with van der Waals surface area (Å²) in [6.45, 7) is 1.14. The molecule has 1 aromatic carbocycles. The van der Waals surface area contributed by atoms with Gasteiger partial charge in [0.15, 0.2) is 11.5 Å². The first kappa shape index (κ1) is 12.3. The molecule has 0 radical (unpaired) electrons. The minimum Gasteiger partial charge on any atom is -0.504 e. The predicted molar refractivity (Wildman–Crippen MR) is 67.2 cm³/mol. The van der Waals surface area contributed by atoms with Gasteiger partial charge in [0, 0.05) is 24.8 Å². The molecule has 5 nitrogen and oxygen atoms in total. The molecule has 94 valence electrons. The van der Waals surface area contributed by atoms with Crippen molar-refractivity contribution < 1.29 is 9.84 Å². The van der Waals surface area contributed by atoms with Gasteiger partial charge >= 0.3 is 0 Å². The van der Waals surface area contributed by atoms with E-state index in [9.17, 15) is 5.11 Å². The summed E-state index contributed by atoms with van der Waals surface area (Å²) < 4.78 is 5.05. The Labute approximate surface area is 105 Å². The maximum absolute atomic E-state index is 9.89. The molecule has 5 heteroatoms. The molecule has 0 saturated heterocycles. The summed E-state index contributed by atoms with van der Waals surface area (Å²) in [6, 6.07) is 9.15. The molecule has 1 aromatic heterocycles. The maximum atomic E-state index is 9.89. The number of aromatic nitrogens is 2. The zero-order valence-corrected chi connectivity index (χ0v) is 10.1. The number of phenolic OH excluding ortho intramolecular Hbond substituents is 1. The van der Waals surface area contributed by atoms with E-state index in [1.54, 1.807) is 12.3 Å². The van der Waals surface area contributed by atoms with Crippen molar-refractivity contribution in [1.29, 1.82) is 0 Å². The molecule has 0 amide bonds. The van der Waals surface area contributed by atoms with Gasteiger partial charge in [-0.3, -0.25) is 0 Å². The molecule has 18 heavy (non-hydrogen) atoms. The van der Waals surface area contributed by atoms with E-state index in [-0.39, 0.29) is 5.75 Å². The van der Waals surface area contributed by atoms with Gasteiger partial charge in [-0.25, -0.2) is 0 Å². The van der Waals surface area contributed by atoms with Crippen molar-refractivity contribution in [2.45, 2.75) is 13.1 Å². The number of hydrogen-bond donors (Lipinski definition) is 2. The van der Waals surface area contributed by atoms with Crippen LogP contribution in [0.3, 0.4) is 0 Å². The van der Waals surface area contributed by atoms with E-state index in [1.807, 2.05) is 24.3 Å². The fourth-order valence-electron chi connectivity index (χ4n) is 1.63. The van der Waals surface area contributed by atoms with Crippen molar-refractivity contribution in [2.24, 2.45) is 0 Å². The lowest BCUT2D eigenvalue weighted by molar-refractivity contribution is 0.369. The van der Waals surface area contributed by atoms with Crippen molar-refractivity contribution in [3.05, 3.63) is 47.8 Å². The fourth-order valence-corrected chi connectivity index (χ4v) is 1.63. The van der Waals surface area contributed by atoms with Crippen molar-refractivity contribution in [2.75, 3.05) is 7.11 Å². The normalized spacial score (nSPS) is 10.3. The SMILES string of the molecule is COc1cccc(CNCc2cccnn2)c1O. The number of ether oxygens (including phenoxy) is 1. The maximum Gasteiger partial charge on any atom is 0.162 e. The number of para-hydroxylation sites is 1. The third-order valence-corrected chi connectivity index (χ3v) is 2.55. The van der Waals surface area contributed by atoms with Gasteiger partial charge < -0.3 is 15.2 Å². The lowest BCUT2D eigenvalue weighted by Gasteiger charge is -2.09. The summed E-state index contributed by atoms with van der Waals surface area (Å²) in [5, 5.41) is 20.8. The van der Waals surface area contributed by atoms with Crippen LogP contribution in [0.4, 0.5) is 0 Å². The van der Waals surface area contributed by atoms with E-state index in [1.165, 1.54) is 7.11 Å². The van der Waals surface area contributed by atoms with E-state index < -0.39 is 0 Å². The Hall–Kier alpha value is -2.14. The van der Waals surface area contributed by atoms with E-state index >= 15 is 0 Å². The average molecular weight is 245 g/mol. The highest BCUT2D eigenvalue weighted by atomic mass is 16.5. The van der Waals surface area contributed by atoms with Crippen LogP contribution in [0, 0.1) is 0 Å². The summed E-state index contributed by atoms with van der Waals surface area (Å²) in [4.78, 5) is 0. The van der Waals surface area contributed by atoms with Gasteiger partial charge in [0.2, 0.25) is 0 Å². The Morgan fingerprint density at radius 3 is 2.83 bits per heavy atom. The molecular formula is C13H15N3O2. The van der Waals surface area contributed by atoms with Crippen LogP contribution in [-0.4, -0.2) is 22.4 Å². The standard InChI is InChI=1S/C13H15N3O2/c1-18-12-6-2-4-10(13(12)17)8-14-9-11-5-3-7-15-16-11/h2-7,14,17H,8-9H2,1H3. The quantitative estimate of drug-likeness (QED) is 0.835. The predicted octanol–water partition coefficient (Wildman–Crippen LogP) is 1.48. The van der Waals surface area contributed by atoms with Gasteiger partial charge in [0.25, 0.3) is 0 Å². The van der Waals surface area contributed by atoms with Crippen molar-refractivity contribution in [1.82, 2.24) is 15.5 Å². The average Bonchev–Trinajstić information content (AvgIpc) is 2.42. The Kier molecular flexibility index (Phi) is 4.09. The third kappa shape index (κ3) is 2.95. The fraction of sp³-hybridized carbons (Fsp3) is 0.231. The number of hydrogen-bond acceptors (Lipinski definition) is 5. The Morgan fingerprint density at radius 2 is 2.11 bits per heavy atom. The lowest BCUT2D eigenvalue weighted by atomic mass is 10.2. The molecule has 0 aliphatic carbocycles. The van der Waals surface area contributed by atoms with Gasteiger partial charge in [-0.05, 0) is 18.2 Å². The van der Waals surface area contributed by atoms with Crippen LogP contribution in [0.5, 0.6) is 11.5 Å². The lowest BCUT2D eigenvalue weighted by Crippen LogP contribution is -2.14. The second-order valence-corrected chi connectivity index (χ2v) is 3.79. The Morgan fingerprint density at radius 1 is 1.22 bits per heavy atom. The topological polar surface area (TPSA) is 67.3 Å². The number of benzene rings is 1. The molecule has 0 fully saturated rings. The molecule has 0 atom stereocenters. The van der Waals surface area contributed by atoms with Gasteiger partial charge in [0.05, 0.1) is 12.8 Å². The number of aromatic hydroxyl groups is 1. The summed E-state index contributed by atoms with van der Waals surface area (Å²) >= 11 is 0. The van der Waals surface area contributed by atoms with E-state index in [0.717, 1.165) is 11.3 Å². The molecule has 0 aliphatic rings. The van der Waals surface area contributed by atoms with Gasteiger partial charge in [-0.1, -0.05) is 12.1 Å². The molecule has 1 heterocycles. The second kappa shape index (κ2) is 5.97. The van der Waals surface area contributed by atoms with Crippen LogP contribution in [0.1, 0.15) is 11.3 Å². The first-order valence-electron chi connectivity index (χ1n) is 5.63. The summed E-state index contributed by atoms with van der Waals surface area (Å²) in [6.07, 6.45) is 1.64. The van der Waals surface area contributed by atoms with Crippen LogP contribution in [0.25, 0.3) is 0 Å². The molecular weight excluding hydrogens is 230 g/mol. The van der Waals surface area contributed by atoms with Gasteiger partial charge in [0.1, 0.15) is 0 Å². The highest BCUT2D eigenvalue weighted by Crippen LogP contribution is 2.29. The first-order chi connectivity index (χ1) is 8.81. The Bertz CT molecular complexity index is 503. The van der Waals surface area contributed by atoms with Crippen LogP contribution < -0.4 is 10.1 Å². The third-order valence-electron chi connectivity index (χ3n) is 2.55. The van der Waals surface area contributed by atoms with E-state index in [4.69, 9.17) is 4.74 Å². The summed E-state index contributed by atoms with van der Waals surface area (Å²) in [5.74, 6) is 0.653. The van der Waals surface area contributed by atoms with E-state index in [0.29, 0.717) is 18.8 Å². The monoisotopic (exact) mass is 245 g/mol. The second-order valence-electron chi connectivity index (χ2n) is 3.79. The van der Waals surface area contributed by atoms with Crippen molar-refractivity contribution >= 4 is 0 Å². The summed E-state index contributed by atoms with van der Waals surface area (Å²) in [5.41, 5.74) is 1.65. The van der Waals surface area contributed by atoms with Crippen LogP contribution in [0.15, 0.2) is 36.5 Å². The molecule has 0 saturated carbocycles. The van der Waals surface area contributed by atoms with Gasteiger partial charge in [-0.2, -0.15) is 10.2 Å². The highest BCUT2D eigenvalue weighted by Gasteiger charge is 2.06. The number of nitrogens with one attached hydrogen (secondary N) is 1. The largest absolute Gasteiger partial charge is 0.504 e. The van der Waals surface area contributed by atoms with Crippen LogP contribution in [0.2, 0.25) is 0 Å². The zero-order chi connectivity index (χ0) is 12.8. The number of methoxy groups -OCH3 is 1. The zero-order valence-electron chi connectivity index (χ0n) is 10.1. The van der Waals surface area contributed by atoms with Crippen LogP contribution >= 0.6 is 0 Å². The highest BCUT2D eigenvalue weighted by molar-refractivity contribution is 5.45. The minimum absolute atomic E-state index is 0.173. The molecule has 0 aliphatic heterocycles. The number of phenols is 1. The smallest absolute Gasteiger partial charge is 0.162 e. The number of nitrogens with zero attached hydrogens (tertiary/aromatic N) is 2. The molecule has 0 spiro atoms. The van der Waals surface area contributed by atoms with E-state index in [2.05, 4.69) is 15.5 Å². The summed E-state index contributed by atoms with van der Waals surface area (Å²) in [7, 11) is 1.53. The molecule has 2 rings (SSSR count). The van der Waals surface area contributed by atoms with Crippen molar-refractivity contribution in [3.8, 4) is 11.5 Å². The van der Waals surface area contributed by atoms with Crippen molar-refractivity contribution in [3.63, 3.8) is 0 Å². The minimum atomic E-state index is 0.173. The molecule has 2 aromatic rings. The molecule has 2 N–H and O–H groups in total. The van der Waals surface area contributed by atoms with Crippen LogP contribution in [-0.2, 0) is 13.1 Å². The first-order valence-corrected chi connectivity index (χ1v) is 5.63. The van der Waals surface area contributed by atoms with Gasteiger partial charge in [-0.15, -0.1) is 0 Å².